The molecule has 0 aromatic carbocycles. The molecule has 1 N–H and O–H groups in total. The molecular formula is C15H22BrNOS. The van der Waals surface area contributed by atoms with Gasteiger partial charge in [-0.25, -0.2) is 0 Å². The highest BCUT2D eigenvalue weighted by molar-refractivity contribution is 9.09. The Bertz CT molecular complexity index is 404. The minimum atomic E-state index is 0.111. The fourth-order valence-electron chi connectivity index (χ4n) is 2.45. The summed E-state index contributed by atoms with van der Waals surface area (Å²) in [6, 6.07) is 2.12. The van der Waals surface area contributed by atoms with Crippen molar-refractivity contribution in [3.05, 3.63) is 21.4 Å². The molecule has 0 saturated heterocycles. The van der Waals surface area contributed by atoms with Crippen molar-refractivity contribution in [3.63, 3.8) is 0 Å². The lowest BCUT2D eigenvalue weighted by Gasteiger charge is -2.04. The number of hydrogen-bond donors (Lipinski definition) is 1. The smallest absolute Gasteiger partial charge is 0.261 e. The summed E-state index contributed by atoms with van der Waals surface area (Å²) < 4.78 is 0. The average Bonchev–Trinajstić information content (AvgIpc) is 2.66. The summed E-state index contributed by atoms with van der Waals surface area (Å²) in [7, 11) is 0. The van der Waals surface area contributed by atoms with Crippen LogP contribution in [0.25, 0.3) is 0 Å². The van der Waals surface area contributed by atoms with E-state index in [1.165, 1.54) is 29.7 Å². The second-order valence-corrected chi connectivity index (χ2v) is 8.00. The number of nitrogens with one attached hydrogen (secondary N) is 1. The van der Waals surface area contributed by atoms with Crippen LogP contribution in [0.5, 0.6) is 0 Å². The van der Waals surface area contributed by atoms with Crippen molar-refractivity contribution in [3.8, 4) is 0 Å². The number of carbonyl (C=O) groups is 1. The van der Waals surface area contributed by atoms with Gasteiger partial charge in [0.2, 0.25) is 0 Å². The highest BCUT2D eigenvalue weighted by Gasteiger charge is 2.16. The van der Waals surface area contributed by atoms with Crippen molar-refractivity contribution in [1.82, 2.24) is 5.32 Å². The predicted molar refractivity (Wildman–Crippen MR) is 85.5 cm³/mol. The number of fused-ring (bicyclic) bond motifs is 1. The topological polar surface area (TPSA) is 29.1 Å². The van der Waals surface area contributed by atoms with E-state index in [-0.39, 0.29) is 5.91 Å². The Balaban J connectivity index is 1.86. The fourth-order valence-corrected chi connectivity index (χ4v) is 3.95. The quantitative estimate of drug-likeness (QED) is 0.481. The Morgan fingerprint density at radius 3 is 3.00 bits per heavy atom. The Morgan fingerprint density at radius 2 is 2.21 bits per heavy atom. The van der Waals surface area contributed by atoms with E-state index >= 15 is 0 Å². The van der Waals surface area contributed by atoms with E-state index in [2.05, 4.69) is 34.2 Å². The van der Waals surface area contributed by atoms with Gasteiger partial charge >= 0.3 is 0 Å². The van der Waals surface area contributed by atoms with Crippen LogP contribution in [0.3, 0.4) is 0 Å². The van der Waals surface area contributed by atoms with Gasteiger partial charge in [0.1, 0.15) is 0 Å². The molecule has 1 atom stereocenters. The van der Waals surface area contributed by atoms with E-state index in [0.717, 1.165) is 37.1 Å². The molecule has 19 heavy (non-hydrogen) atoms. The standard InChI is InChI=1S/C15H22BrNOS/c1-11(16)6-5-9-17-15(18)14-10-12-7-3-2-4-8-13(12)19-14/h10-11H,2-9H2,1H3,(H,17,18). The number of aryl methyl sites for hydroxylation is 2. The number of rotatable bonds is 5. The van der Waals surface area contributed by atoms with Crippen molar-refractivity contribution in [1.29, 1.82) is 0 Å². The molecule has 1 aliphatic rings. The maximum absolute atomic E-state index is 12.1. The molecule has 0 aliphatic heterocycles. The van der Waals surface area contributed by atoms with Crippen molar-refractivity contribution < 1.29 is 4.79 Å². The Kier molecular flexibility index (Phi) is 5.89. The zero-order chi connectivity index (χ0) is 13.7. The summed E-state index contributed by atoms with van der Waals surface area (Å²) in [5, 5.41) is 3.03. The van der Waals surface area contributed by atoms with Gasteiger partial charge in [-0.15, -0.1) is 11.3 Å². The molecule has 1 aliphatic carbocycles. The summed E-state index contributed by atoms with van der Waals surface area (Å²) in [4.78, 5) is 15.0. The largest absolute Gasteiger partial charge is 0.351 e. The molecule has 4 heteroatoms. The van der Waals surface area contributed by atoms with Crippen LogP contribution in [0.2, 0.25) is 0 Å². The zero-order valence-corrected chi connectivity index (χ0v) is 13.9. The molecule has 106 valence electrons. The van der Waals surface area contributed by atoms with E-state index in [4.69, 9.17) is 0 Å². The first-order valence-corrected chi connectivity index (χ1v) is 8.94. The summed E-state index contributed by atoms with van der Waals surface area (Å²) in [6.07, 6.45) is 8.32. The molecule has 0 fully saturated rings. The predicted octanol–water partition coefficient (Wildman–Crippen LogP) is 4.31. The van der Waals surface area contributed by atoms with E-state index in [1.54, 1.807) is 11.3 Å². The first-order valence-electron chi connectivity index (χ1n) is 7.20. The minimum absolute atomic E-state index is 0.111. The van der Waals surface area contributed by atoms with Crippen molar-refractivity contribution >= 4 is 33.2 Å². The van der Waals surface area contributed by atoms with Crippen LogP contribution in [-0.4, -0.2) is 17.3 Å². The minimum Gasteiger partial charge on any atom is -0.351 e. The van der Waals surface area contributed by atoms with Crippen LogP contribution in [-0.2, 0) is 12.8 Å². The first-order chi connectivity index (χ1) is 9.16. The molecule has 1 unspecified atom stereocenters. The van der Waals surface area contributed by atoms with Crippen LogP contribution in [0.1, 0.15) is 59.1 Å². The van der Waals surface area contributed by atoms with E-state index in [9.17, 15) is 4.79 Å². The Morgan fingerprint density at radius 1 is 1.42 bits per heavy atom. The monoisotopic (exact) mass is 343 g/mol. The number of amides is 1. The number of thiophene rings is 1. The highest BCUT2D eigenvalue weighted by Crippen LogP contribution is 2.28. The lowest BCUT2D eigenvalue weighted by atomic mass is 10.1. The van der Waals surface area contributed by atoms with Gasteiger partial charge in [0.05, 0.1) is 4.88 Å². The van der Waals surface area contributed by atoms with Gasteiger partial charge in [-0.2, -0.15) is 0 Å². The molecule has 0 saturated carbocycles. The second kappa shape index (κ2) is 7.44. The summed E-state index contributed by atoms with van der Waals surface area (Å²) in [5.74, 6) is 0.111. The Hall–Kier alpha value is -0.350. The van der Waals surface area contributed by atoms with Crippen LogP contribution in [0.15, 0.2) is 6.07 Å². The van der Waals surface area contributed by atoms with E-state index in [0.29, 0.717) is 4.83 Å². The summed E-state index contributed by atoms with van der Waals surface area (Å²) in [5.41, 5.74) is 1.42. The van der Waals surface area contributed by atoms with Gasteiger partial charge in [0.25, 0.3) is 5.91 Å². The molecule has 2 rings (SSSR count). The van der Waals surface area contributed by atoms with Crippen LogP contribution in [0, 0.1) is 0 Å². The highest BCUT2D eigenvalue weighted by atomic mass is 79.9. The molecule has 0 bridgehead atoms. The SMILES string of the molecule is CC(Br)CCCNC(=O)c1cc2c(s1)CCCCC2. The fraction of sp³-hybridized carbons (Fsp3) is 0.667. The number of halogens is 1. The number of carbonyl (C=O) groups excluding carboxylic acids is 1. The lowest BCUT2D eigenvalue weighted by Crippen LogP contribution is -2.23. The van der Waals surface area contributed by atoms with Crippen LogP contribution in [0.4, 0.5) is 0 Å². The number of hydrogen-bond acceptors (Lipinski definition) is 2. The van der Waals surface area contributed by atoms with Gasteiger partial charge in [-0.1, -0.05) is 29.3 Å². The maximum atomic E-state index is 12.1. The van der Waals surface area contributed by atoms with E-state index < -0.39 is 0 Å². The van der Waals surface area contributed by atoms with E-state index in [1.807, 2.05) is 0 Å². The van der Waals surface area contributed by atoms with Gasteiger partial charge in [0, 0.05) is 16.2 Å². The average molecular weight is 344 g/mol. The molecule has 1 aromatic heterocycles. The molecule has 1 amide bonds. The molecule has 2 nitrogen and oxygen atoms in total. The van der Waals surface area contributed by atoms with Gasteiger partial charge in [0.15, 0.2) is 0 Å². The summed E-state index contributed by atoms with van der Waals surface area (Å²) in [6.45, 7) is 2.91. The third-order valence-electron chi connectivity index (χ3n) is 3.53. The normalized spacial score (nSPS) is 16.5. The molecule has 1 heterocycles. The van der Waals surface area contributed by atoms with Crippen molar-refractivity contribution in [2.75, 3.05) is 6.54 Å². The third-order valence-corrected chi connectivity index (χ3v) is 5.23. The Labute approximate surface area is 128 Å². The number of alkyl halides is 1. The van der Waals surface area contributed by atoms with Gasteiger partial charge < -0.3 is 5.32 Å². The van der Waals surface area contributed by atoms with Crippen LogP contribution >= 0.6 is 27.3 Å². The second-order valence-electron chi connectivity index (χ2n) is 5.30. The van der Waals surface area contributed by atoms with Crippen molar-refractivity contribution in [2.45, 2.75) is 56.7 Å². The molecule has 0 spiro atoms. The van der Waals surface area contributed by atoms with Crippen LogP contribution < -0.4 is 5.32 Å². The first kappa shape index (κ1) is 15.0. The van der Waals surface area contributed by atoms with Gasteiger partial charge in [-0.05, 0) is 50.2 Å². The lowest BCUT2D eigenvalue weighted by molar-refractivity contribution is 0.0957. The van der Waals surface area contributed by atoms with Gasteiger partial charge in [-0.3, -0.25) is 4.79 Å². The third kappa shape index (κ3) is 4.60. The van der Waals surface area contributed by atoms with Crippen molar-refractivity contribution in [2.24, 2.45) is 0 Å². The maximum Gasteiger partial charge on any atom is 0.261 e. The molecular weight excluding hydrogens is 322 g/mol. The zero-order valence-electron chi connectivity index (χ0n) is 11.5. The molecule has 0 radical (unpaired) electrons. The molecule has 1 aromatic rings. The summed E-state index contributed by atoms with van der Waals surface area (Å²) >= 11 is 5.22.